The Bertz CT molecular complexity index is 193. The van der Waals surface area contributed by atoms with Crippen LogP contribution in [0.5, 0.6) is 0 Å². The molecule has 1 fully saturated rings. The van der Waals surface area contributed by atoms with Crippen molar-refractivity contribution < 1.29 is 9.53 Å². The van der Waals surface area contributed by atoms with Gasteiger partial charge in [0.1, 0.15) is 0 Å². The van der Waals surface area contributed by atoms with Crippen molar-refractivity contribution in [2.75, 3.05) is 13.2 Å². The van der Waals surface area contributed by atoms with Gasteiger partial charge in [-0.3, -0.25) is 4.79 Å². The molecule has 0 atom stereocenters. The fraction of sp³-hybridized carbons (Fsp3) is 0.909. The summed E-state index contributed by atoms with van der Waals surface area (Å²) in [4.78, 5) is 12.1. The lowest BCUT2D eigenvalue weighted by Gasteiger charge is -2.31. The topological polar surface area (TPSA) is 52.3 Å². The molecule has 0 aliphatic carbocycles. The summed E-state index contributed by atoms with van der Waals surface area (Å²) in [5, 5.41) is 0. The van der Waals surface area contributed by atoms with E-state index in [-0.39, 0.29) is 11.7 Å². The van der Waals surface area contributed by atoms with Crippen LogP contribution in [0.3, 0.4) is 0 Å². The number of carbonyl (C=O) groups is 1. The average Bonchev–Trinajstić information content (AvgIpc) is 2.28. The summed E-state index contributed by atoms with van der Waals surface area (Å²) < 4.78 is 5.24. The number of hydrogen-bond acceptors (Lipinski definition) is 3. The van der Waals surface area contributed by atoms with E-state index in [2.05, 4.69) is 0 Å². The van der Waals surface area contributed by atoms with Crippen molar-refractivity contribution in [3.05, 3.63) is 0 Å². The SMILES string of the molecule is CCC(N)(CC)C(=O)C1CCOCC1. The van der Waals surface area contributed by atoms with E-state index in [1.807, 2.05) is 13.8 Å². The third kappa shape index (κ3) is 2.34. The summed E-state index contributed by atoms with van der Waals surface area (Å²) in [6.07, 6.45) is 3.16. The van der Waals surface area contributed by atoms with E-state index in [9.17, 15) is 4.79 Å². The van der Waals surface area contributed by atoms with Crippen LogP contribution in [0.1, 0.15) is 39.5 Å². The van der Waals surface area contributed by atoms with Gasteiger partial charge in [0.2, 0.25) is 0 Å². The molecular formula is C11H21NO2. The maximum absolute atomic E-state index is 12.1. The summed E-state index contributed by atoms with van der Waals surface area (Å²) in [5.41, 5.74) is 5.49. The molecule has 2 N–H and O–H groups in total. The smallest absolute Gasteiger partial charge is 0.155 e. The Hall–Kier alpha value is -0.410. The quantitative estimate of drug-likeness (QED) is 0.746. The highest BCUT2D eigenvalue weighted by atomic mass is 16.5. The monoisotopic (exact) mass is 199 g/mol. The first-order chi connectivity index (χ1) is 6.64. The van der Waals surface area contributed by atoms with Gasteiger partial charge in [0, 0.05) is 19.1 Å². The van der Waals surface area contributed by atoms with Crippen LogP contribution in [-0.2, 0) is 9.53 Å². The van der Waals surface area contributed by atoms with Crippen LogP contribution in [0.4, 0.5) is 0 Å². The highest BCUT2D eigenvalue weighted by Gasteiger charge is 2.35. The molecule has 14 heavy (non-hydrogen) atoms. The van der Waals surface area contributed by atoms with Gasteiger partial charge in [-0.1, -0.05) is 13.8 Å². The van der Waals surface area contributed by atoms with Crippen LogP contribution in [0.15, 0.2) is 0 Å². The van der Waals surface area contributed by atoms with E-state index in [0.717, 1.165) is 25.7 Å². The molecule has 0 aromatic heterocycles. The zero-order chi connectivity index (χ0) is 10.6. The van der Waals surface area contributed by atoms with E-state index in [1.54, 1.807) is 0 Å². The minimum absolute atomic E-state index is 0.133. The van der Waals surface area contributed by atoms with Crippen molar-refractivity contribution in [3.8, 4) is 0 Å². The lowest BCUT2D eigenvalue weighted by Crippen LogP contribution is -2.50. The highest BCUT2D eigenvalue weighted by Crippen LogP contribution is 2.24. The Morgan fingerprint density at radius 1 is 1.36 bits per heavy atom. The van der Waals surface area contributed by atoms with Crippen molar-refractivity contribution in [1.29, 1.82) is 0 Å². The van der Waals surface area contributed by atoms with Crippen LogP contribution < -0.4 is 5.73 Å². The molecule has 0 amide bonds. The van der Waals surface area contributed by atoms with E-state index >= 15 is 0 Å². The summed E-state index contributed by atoms with van der Waals surface area (Å²) in [6.45, 7) is 5.39. The normalized spacial score (nSPS) is 19.6. The highest BCUT2D eigenvalue weighted by molar-refractivity contribution is 5.90. The van der Waals surface area contributed by atoms with Gasteiger partial charge in [0.15, 0.2) is 5.78 Å². The van der Waals surface area contributed by atoms with Crippen molar-refractivity contribution in [1.82, 2.24) is 0 Å². The van der Waals surface area contributed by atoms with Crippen molar-refractivity contribution in [2.45, 2.75) is 45.1 Å². The van der Waals surface area contributed by atoms with E-state index in [0.29, 0.717) is 13.2 Å². The molecule has 1 aliphatic rings. The minimum atomic E-state index is -0.595. The molecule has 0 spiro atoms. The number of hydrogen-bond donors (Lipinski definition) is 1. The predicted molar refractivity (Wildman–Crippen MR) is 56.1 cm³/mol. The molecule has 0 aromatic rings. The van der Waals surface area contributed by atoms with Gasteiger partial charge in [-0.05, 0) is 25.7 Å². The summed E-state index contributed by atoms with van der Waals surface area (Å²) >= 11 is 0. The molecule has 3 heteroatoms. The molecule has 82 valence electrons. The Kier molecular flexibility index (Phi) is 4.08. The number of nitrogens with two attached hydrogens (primary N) is 1. The number of ketones is 1. The third-order valence-electron chi connectivity index (χ3n) is 3.34. The molecule has 0 unspecified atom stereocenters. The van der Waals surface area contributed by atoms with E-state index in [1.165, 1.54) is 0 Å². The number of Topliss-reactive ketones (excluding diaryl/α,β-unsaturated/α-hetero) is 1. The Balaban J connectivity index is 2.61. The van der Waals surface area contributed by atoms with E-state index in [4.69, 9.17) is 10.5 Å². The molecule has 1 rings (SSSR count). The Labute approximate surface area is 86.0 Å². The van der Waals surface area contributed by atoms with E-state index < -0.39 is 5.54 Å². The molecule has 1 heterocycles. The van der Waals surface area contributed by atoms with Gasteiger partial charge in [-0.15, -0.1) is 0 Å². The number of ether oxygens (including phenoxy) is 1. The van der Waals surface area contributed by atoms with Gasteiger partial charge in [0.05, 0.1) is 5.54 Å². The molecule has 1 saturated heterocycles. The van der Waals surface area contributed by atoms with Gasteiger partial charge in [0.25, 0.3) is 0 Å². The van der Waals surface area contributed by atoms with Crippen molar-refractivity contribution >= 4 is 5.78 Å². The summed E-state index contributed by atoms with van der Waals surface area (Å²) in [5.74, 6) is 0.374. The molecule has 3 nitrogen and oxygen atoms in total. The fourth-order valence-corrected chi connectivity index (χ4v) is 1.96. The summed E-state index contributed by atoms with van der Waals surface area (Å²) in [6, 6.07) is 0. The lowest BCUT2D eigenvalue weighted by molar-refractivity contribution is -0.131. The fourth-order valence-electron chi connectivity index (χ4n) is 1.96. The van der Waals surface area contributed by atoms with Gasteiger partial charge >= 0.3 is 0 Å². The maximum atomic E-state index is 12.1. The van der Waals surface area contributed by atoms with Crippen LogP contribution in [0, 0.1) is 5.92 Å². The standard InChI is InChI=1S/C11H21NO2/c1-3-11(12,4-2)10(13)9-5-7-14-8-6-9/h9H,3-8,12H2,1-2H3. The zero-order valence-electron chi connectivity index (χ0n) is 9.21. The van der Waals surface area contributed by atoms with Gasteiger partial charge < -0.3 is 10.5 Å². The Morgan fingerprint density at radius 2 is 1.86 bits per heavy atom. The van der Waals surface area contributed by atoms with Crippen LogP contribution in [0.25, 0.3) is 0 Å². The molecule has 1 aliphatic heterocycles. The molecule has 0 saturated carbocycles. The molecule has 0 radical (unpaired) electrons. The number of carbonyl (C=O) groups excluding carboxylic acids is 1. The van der Waals surface area contributed by atoms with Gasteiger partial charge in [-0.25, -0.2) is 0 Å². The second kappa shape index (κ2) is 4.89. The number of rotatable bonds is 4. The lowest BCUT2D eigenvalue weighted by atomic mass is 9.79. The molecule has 0 aromatic carbocycles. The van der Waals surface area contributed by atoms with Crippen LogP contribution in [0.2, 0.25) is 0 Å². The average molecular weight is 199 g/mol. The first-order valence-corrected chi connectivity index (χ1v) is 5.55. The Morgan fingerprint density at radius 3 is 2.29 bits per heavy atom. The van der Waals surface area contributed by atoms with Crippen LogP contribution in [-0.4, -0.2) is 24.5 Å². The zero-order valence-corrected chi connectivity index (χ0v) is 9.21. The molecular weight excluding hydrogens is 178 g/mol. The second-order valence-electron chi connectivity index (χ2n) is 4.11. The first kappa shape index (κ1) is 11.7. The summed E-state index contributed by atoms with van der Waals surface area (Å²) in [7, 11) is 0. The molecule has 0 bridgehead atoms. The predicted octanol–water partition coefficient (Wildman–Crippen LogP) is 1.50. The minimum Gasteiger partial charge on any atom is -0.381 e. The third-order valence-corrected chi connectivity index (χ3v) is 3.34. The maximum Gasteiger partial charge on any atom is 0.155 e. The second-order valence-corrected chi connectivity index (χ2v) is 4.11. The first-order valence-electron chi connectivity index (χ1n) is 5.55. The largest absolute Gasteiger partial charge is 0.381 e. The van der Waals surface area contributed by atoms with Crippen LogP contribution >= 0.6 is 0 Å². The van der Waals surface area contributed by atoms with Gasteiger partial charge in [-0.2, -0.15) is 0 Å². The van der Waals surface area contributed by atoms with Crippen molar-refractivity contribution in [2.24, 2.45) is 11.7 Å². The van der Waals surface area contributed by atoms with Crippen molar-refractivity contribution in [3.63, 3.8) is 0 Å².